The minimum absolute atomic E-state index is 0.219. The van der Waals surface area contributed by atoms with Crippen molar-refractivity contribution in [2.45, 2.75) is 63.4 Å². The van der Waals surface area contributed by atoms with Crippen molar-refractivity contribution in [1.82, 2.24) is 0 Å². The van der Waals surface area contributed by atoms with Crippen LogP contribution in [0.4, 0.5) is 0 Å². The van der Waals surface area contributed by atoms with Crippen molar-refractivity contribution in [1.29, 1.82) is 0 Å². The van der Waals surface area contributed by atoms with Gasteiger partial charge in [-0.05, 0) is 66.9 Å². The summed E-state index contributed by atoms with van der Waals surface area (Å²) in [6.45, 7) is 0. The highest BCUT2D eigenvalue weighted by Gasteiger charge is 2.47. The molecule has 0 saturated heterocycles. The highest BCUT2D eigenvalue weighted by Crippen LogP contribution is 2.57. The molecule has 3 fully saturated rings. The molecule has 0 heterocycles. The Morgan fingerprint density at radius 2 is 1.50 bits per heavy atom. The van der Waals surface area contributed by atoms with Gasteiger partial charge in [-0.2, -0.15) is 0 Å². The molecule has 3 saturated carbocycles. The van der Waals surface area contributed by atoms with Crippen LogP contribution in [0.2, 0.25) is 0 Å². The number of rotatable bonds is 3. The second-order valence-corrected chi connectivity index (χ2v) is 7.43. The molecule has 3 aliphatic rings. The van der Waals surface area contributed by atoms with Crippen LogP contribution in [0, 0.1) is 17.8 Å². The second kappa shape index (κ2) is 5.18. The molecule has 1 nitrogen and oxygen atoms in total. The Labute approximate surface area is 122 Å². The van der Waals surface area contributed by atoms with Gasteiger partial charge in [0.05, 0.1) is 6.10 Å². The molecule has 4 rings (SSSR count). The Morgan fingerprint density at radius 3 is 2.15 bits per heavy atom. The summed E-state index contributed by atoms with van der Waals surface area (Å²) in [5.41, 5.74) is 2.64. The Bertz CT molecular complexity index is 447. The first-order chi connectivity index (χ1) is 9.81. The molecular weight excluding hydrogens is 244 g/mol. The van der Waals surface area contributed by atoms with Crippen molar-refractivity contribution in [2.75, 3.05) is 0 Å². The van der Waals surface area contributed by atoms with Gasteiger partial charge in [0.2, 0.25) is 0 Å². The van der Waals surface area contributed by atoms with Gasteiger partial charge in [-0.1, -0.05) is 43.5 Å². The molecule has 3 aliphatic carbocycles. The summed E-state index contributed by atoms with van der Waals surface area (Å²) in [5.74, 6) is 3.21. The number of benzene rings is 1. The van der Waals surface area contributed by atoms with Crippen molar-refractivity contribution in [3.63, 3.8) is 0 Å². The van der Waals surface area contributed by atoms with Crippen LogP contribution < -0.4 is 0 Å². The first-order valence-corrected chi connectivity index (χ1v) is 8.59. The molecular formula is C19H26O. The molecule has 0 radical (unpaired) electrons. The van der Waals surface area contributed by atoms with Crippen molar-refractivity contribution < 1.29 is 5.11 Å². The lowest BCUT2D eigenvalue weighted by atomic mass is 9.83. The van der Waals surface area contributed by atoms with Gasteiger partial charge >= 0.3 is 0 Å². The van der Waals surface area contributed by atoms with Crippen LogP contribution in [0.3, 0.4) is 0 Å². The van der Waals surface area contributed by atoms with Crippen LogP contribution in [0.15, 0.2) is 24.3 Å². The maximum atomic E-state index is 10.6. The quantitative estimate of drug-likeness (QED) is 0.835. The number of aliphatic hydroxyl groups is 1. The predicted molar refractivity (Wildman–Crippen MR) is 81.5 cm³/mol. The van der Waals surface area contributed by atoms with Crippen LogP contribution in [0.5, 0.6) is 0 Å². The molecule has 3 atom stereocenters. The predicted octanol–water partition coefficient (Wildman–Crippen LogP) is 4.81. The highest BCUT2D eigenvalue weighted by atomic mass is 16.3. The molecule has 0 amide bonds. The van der Waals surface area contributed by atoms with Gasteiger partial charge in [0.15, 0.2) is 0 Å². The van der Waals surface area contributed by atoms with Gasteiger partial charge in [-0.25, -0.2) is 0 Å². The Hall–Kier alpha value is -0.820. The van der Waals surface area contributed by atoms with Crippen molar-refractivity contribution in [3.8, 4) is 0 Å². The maximum absolute atomic E-state index is 10.6. The molecule has 0 bridgehead atoms. The van der Waals surface area contributed by atoms with Gasteiger partial charge in [0, 0.05) is 0 Å². The SMILES string of the molecule is OC(c1ccc(C2CCCCC2)cc1)C1CC2CC2C1. The van der Waals surface area contributed by atoms with E-state index >= 15 is 0 Å². The summed E-state index contributed by atoms with van der Waals surface area (Å²) in [5, 5.41) is 10.6. The van der Waals surface area contributed by atoms with Crippen LogP contribution in [-0.4, -0.2) is 5.11 Å². The van der Waals surface area contributed by atoms with E-state index in [0.717, 1.165) is 23.3 Å². The number of fused-ring (bicyclic) bond motifs is 1. The van der Waals surface area contributed by atoms with E-state index in [2.05, 4.69) is 24.3 Å². The van der Waals surface area contributed by atoms with E-state index < -0.39 is 0 Å². The zero-order valence-electron chi connectivity index (χ0n) is 12.3. The zero-order valence-corrected chi connectivity index (χ0v) is 12.3. The number of hydrogen-bond acceptors (Lipinski definition) is 1. The zero-order chi connectivity index (χ0) is 13.5. The van der Waals surface area contributed by atoms with Gasteiger partial charge in [-0.3, -0.25) is 0 Å². The average Bonchev–Trinajstić information content (AvgIpc) is 3.13. The summed E-state index contributed by atoms with van der Waals surface area (Å²) in [6.07, 6.45) is 10.6. The summed E-state index contributed by atoms with van der Waals surface area (Å²) >= 11 is 0. The standard InChI is InChI=1S/C19H26O/c20-19(18-11-16-10-17(16)12-18)15-8-6-14(7-9-15)13-4-2-1-3-5-13/h6-9,13,16-20H,1-5,10-12H2. The number of hydrogen-bond donors (Lipinski definition) is 1. The van der Waals surface area contributed by atoms with Gasteiger partial charge in [0.25, 0.3) is 0 Å². The molecule has 108 valence electrons. The normalized spacial score (nSPS) is 34.8. The van der Waals surface area contributed by atoms with Gasteiger partial charge in [-0.15, -0.1) is 0 Å². The van der Waals surface area contributed by atoms with Crippen LogP contribution >= 0.6 is 0 Å². The summed E-state index contributed by atoms with van der Waals surface area (Å²) < 4.78 is 0. The second-order valence-electron chi connectivity index (χ2n) is 7.43. The monoisotopic (exact) mass is 270 g/mol. The molecule has 0 spiro atoms. The van der Waals surface area contributed by atoms with E-state index in [0.29, 0.717) is 5.92 Å². The summed E-state index contributed by atoms with van der Waals surface area (Å²) in [6, 6.07) is 8.95. The van der Waals surface area contributed by atoms with Crippen molar-refractivity contribution >= 4 is 0 Å². The molecule has 1 aromatic carbocycles. The maximum Gasteiger partial charge on any atom is 0.0818 e. The molecule has 1 heteroatoms. The Kier molecular flexibility index (Phi) is 3.34. The van der Waals surface area contributed by atoms with Crippen LogP contribution in [-0.2, 0) is 0 Å². The molecule has 1 N–H and O–H groups in total. The molecule has 0 aliphatic heterocycles. The fraction of sp³-hybridized carbons (Fsp3) is 0.684. The third-order valence-corrected chi connectivity index (χ3v) is 6.08. The highest BCUT2D eigenvalue weighted by molar-refractivity contribution is 5.27. The van der Waals surface area contributed by atoms with Gasteiger partial charge in [0.1, 0.15) is 0 Å². The van der Waals surface area contributed by atoms with E-state index in [1.807, 2.05) is 0 Å². The van der Waals surface area contributed by atoms with E-state index in [-0.39, 0.29) is 6.10 Å². The molecule has 1 aromatic rings. The summed E-state index contributed by atoms with van der Waals surface area (Å²) in [4.78, 5) is 0. The minimum atomic E-state index is -0.219. The largest absolute Gasteiger partial charge is 0.388 e. The van der Waals surface area contributed by atoms with E-state index in [1.54, 1.807) is 0 Å². The third-order valence-electron chi connectivity index (χ3n) is 6.08. The fourth-order valence-corrected chi connectivity index (χ4v) is 4.69. The van der Waals surface area contributed by atoms with Crippen LogP contribution in [0.1, 0.15) is 74.5 Å². The topological polar surface area (TPSA) is 20.2 Å². The molecule has 0 aromatic heterocycles. The van der Waals surface area contributed by atoms with E-state index in [9.17, 15) is 5.11 Å². The lowest BCUT2D eigenvalue weighted by Crippen LogP contribution is -2.11. The smallest absolute Gasteiger partial charge is 0.0818 e. The lowest BCUT2D eigenvalue weighted by Gasteiger charge is -2.23. The number of aliphatic hydroxyl groups excluding tert-OH is 1. The van der Waals surface area contributed by atoms with E-state index in [4.69, 9.17) is 0 Å². The Balaban J connectivity index is 1.43. The van der Waals surface area contributed by atoms with Crippen molar-refractivity contribution in [3.05, 3.63) is 35.4 Å². The Morgan fingerprint density at radius 1 is 0.850 bits per heavy atom. The van der Waals surface area contributed by atoms with Gasteiger partial charge < -0.3 is 5.11 Å². The first-order valence-electron chi connectivity index (χ1n) is 8.59. The third kappa shape index (κ3) is 2.41. The average molecular weight is 270 g/mol. The molecule has 20 heavy (non-hydrogen) atoms. The first kappa shape index (κ1) is 12.9. The van der Waals surface area contributed by atoms with Crippen LogP contribution in [0.25, 0.3) is 0 Å². The minimum Gasteiger partial charge on any atom is -0.388 e. The van der Waals surface area contributed by atoms with E-state index in [1.165, 1.54) is 56.9 Å². The van der Waals surface area contributed by atoms with Crippen molar-refractivity contribution in [2.24, 2.45) is 17.8 Å². The molecule has 3 unspecified atom stereocenters. The fourth-order valence-electron chi connectivity index (χ4n) is 4.69. The summed E-state index contributed by atoms with van der Waals surface area (Å²) in [7, 11) is 0. The lowest BCUT2D eigenvalue weighted by molar-refractivity contribution is 0.104.